The van der Waals surface area contributed by atoms with Crippen LogP contribution in [0.2, 0.25) is 0 Å². The van der Waals surface area contributed by atoms with Gasteiger partial charge in [-0.05, 0) is 36.1 Å². The Hall–Kier alpha value is -2.82. The molecule has 3 rings (SSSR count). The molecule has 1 saturated carbocycles. The molecule has 1 aliphatic rings. The summed E-state index contributed by atoms with van der Waals surface area (Å²) in [7, 11) is 0. The van der Waals surface area contributed by atoms with Crippen molar-refractivity contribution in [3.63, 3.8) is 0 Å². The summed E-state index contributed by atoms with van der Waals surface area (Å²) in [5.74, 6) is 1.74. The maximum atomic E-state index is 12.1. The van der Waals surface area contributed by atoms with Crippen LogP contribution in [-0.4, -0.2) is 11.8 Å². The highest BCUT2D eigenvalue weighted by Crippen LogP contribution is 2.47. The number of furan rings is 1. The van der Waals surface area contributed by atoms with Gasteiger partial charge in [0.1, 0.15) is 17.6 Å². The standard InChI is InChI=1S/C19H20N2O3/c1-12-11-15(12)16-9-7-14(24-16)8-10-17(22)21-18(19(20)23)13-5-3-2-4-6-13/h2-10,12,15,18H,11H2,1H3,(H2,20,23)(H,21,22)/b10-8+. The van der Waals surface area contributed by atoms with Crippen LogP contribution in [0, 0.1) is 5.92 Å². The van der Waals surface area contributed by atoms with E-state index in [0.29, 0.717) is 23.2 Å². The Morgan fingerprint density at radius 1 is 1.25 bits per heavy atom. The molecule has 1 heterocycles. The number of hydrogen-bond acceptors (Lipinski definition) is 3. The van der Waals surface area contributed by atoms with E-state index in [9.17, 15) is 9.59 Å². The minimum absolute atomic E-state index is 0.402. The topological polar surface area (TPSA) is 85.3 Å². The molecule has 1 aromatic heterocycles. The fourth-order valence-corrected chi connectivity index (χ4v) is 2.69. The monoisotopic (exact) mass is 324 g/mol. The van der Waals surface area contributed by atoms with Gasteiger partial charge in [0.25, 0.3) is 0 Å². The van der Waals surface area contributed by atoms with Crippen molar-refractivity contribution in [2.75, 3.05) is 0 Å². The lowest BCUT2D eigenvalue weighted by Crippen LogP contribution is -2.36. The number of primary amides is 1. The van der Waals surface area contributed by atoms with Gasteiger partial charge in [0.05, 0.1) is 0 Å². The average molecular weight is 324 g/mol. The molecular formula is C19H20N2O3. The second kappa shape index (κ2) is 6.74. The van der Waals surface area contributed by atoms with Crippen LogP contribution in [0.4, 0.5) is 0 Å². The molecule has 124 valence electrons. The number of nitrogens with two attached hydrogens (primary N) is 1. The van der Waals surface area contributed by atoms with Gasteiger partial charge in [-0.2, -0.15) is 0 Å². The minimum Gasteiger partial charge on any atom is -0.461 e. The van der Waals surface area contributed by atoms with Gasteiger partial charge < -0.3 is 15.5 Å². The van der Waals surface area contributed by atoms with E-state index in [1.807, 2.05) is 18.2 Å². The first kappa shape index (κ1) is 16.1. The molecule has 0 radical (unpaired) electrons. The first-order chi connectivity index (χ1) is 11.5. The molecule has 5 nitrogen and oxygen atoms in total. The van der Waals surface area contributed by atoms with E-state index < -0.39 is 17.9 Å². The van der Waals surface area contributed by atoms with Gasteiger partial charge in [0, 0.05) is 12.0 Å². The van der Waals surface area contributed by atoms with Crippen molar-refractivity contribution in [2.45, 2.75) is 25.3 Å². The van der Waals surface area contributed by atoms with E-state index >= 15 is 0 Å². The Balaban J connectivity index is 1.63. The van der Waals surface area contributed by atoms with Crippen LogP contribution >= 0.6 is 0 Å². The van der Waals surface area contributed by atoms with Gasteiger partial charge in [-0.3, -0.25) is 9.59 Å². The summed E-state index contributed by atoms with van der Waals surface area (Å²) in [6.07, 6.45) is 4.08. The average Bonchev–Trinajstić information content (AvgIpc) is 3.11. The molecule has 0 spiro atoms. The summed E-state index contributed by atoms with van der Waals surface area (Å²) in [5.41, 5.74) is 6.03. The predicted molar refractivity (Wildman–Crippen MR) is 90.8 cm³/mol. The van der Waals surface area contributed by atoms with Crippen LogP contribution in [0.5, 0.6) is 0 Å². The maximum absolute atomic E-state index is 12.1. The van der Waals surface area contributed by atoms with Crippen molar-refractivity contribution in [3.05, 3.63) is 65.6 Å². The SMILES string of the molecule is CC1CC1c1ccc(/C=C/C(=O)NC(C(N)=O)c2ccccc2)o1. The molecule has 1 aromatic carbocycles. The number of nitrogens with one attached hydrogen (secondary N) is 1. The Morgan fingerprint density at radius 3 is 2.58 bits per heavy atom. The molecule has 2 aromatic rings. The van der Waals surface area contributed by atoms with Gasteiger partial charge in [0.15, 0.2) is 0 Å². The quantitative estimate of drug-likeness (QED) is 0.801. The van der Waals surface area contributed by atoms with E-state index in [-0.39, 0.29) is 0 Å². The van der Waals surface area contributed by atoms with Crippen LogP contribution in [0.1, 0.15) is 42.4 Å². The zero-order valence-corrected chi connectivity index (χ0v) is 13.4. The van der Waals surface area contributed by atoms with Crippen LogP contribution in [-0.2, 0) is 9.59 Å². The third kappa shape index (κ3) is 3.74. The van der Waals surface area contributed by atoms with Crippen molar-refractivity contribution in [1.82, 2.24) is 5.32 Å². The highest BCUT2D eigenvalue weighted by atomic mass is 16.3. The molecule has 0 aliphatic heterocycles. The molecule has 5 heteroatoms. The summed E-state index contributed by atoms with van der Waals surface area (Å²) >= 11 is 0. The largest absolute Gasteiger partial charge is 0.461 e. The van der Waals surface area contributed by atoms with Crippen molar-refractivity contribution in [3.8, 4) is 0 Å². The predicted octanol–water partition coefficient (Wildman–Crippen LogP) is 2.76. The summed E-state index contributed by atoms with van der Waals surface area (Å²) in [6.45, 7) is 2.18. The van der Waals surface area contributed by atoms with Crippen LogP contribution < -0.4 is 11.1 Å². The highest BCUT2D eigenvalue weighted by molar-refractivity contribution is 5.95. The second-order valence-corrected chi connectivity index (χ2v) is 6.15. The van der Waals surface area contributed by atoms with E-state index in [1.54, 1.807) is 30.3 Å². The van der Waals surface area contributed by atoms with Crippen LogP contribution in [0.25, 0.3) is 6.08 Å². The molecule has 0 saturated heterocycles. The summed E-state index contributed by atoms with van der Waals surface area (Å²) < 4.78 is 5.71. The van der Waals surface area contributed by atoms with Gasteiger partial charge in [-0.15, -0.1) is 0 Å². The zero-order valence-electron chi connectivity index (χ0n) is 13.4. The number of rotatable bonds is 6. The third-order valence-electron chi connectivity index (χ3n) is 4.23. The second-order valence-electron chi connectivity index (χ2n) is 6.15. The van der Waals surface area contributed by atoms with E-state index in [4.69, 9.17) is 10.2 Å². The number of amides is 2. The Kier molecular flexibility index (Phi) is 4.51. The third-order valence-corrected chi connectivity index (χ3v) is 4.23. The summed E-state index contributed by atoms with van der Waals surface area (Å²) in [6, 6.07) is 11.8. The van der Waals surface area contributed by atoms with E-state index in [2.05, 4.69) is 12.2 Å². The molecular weight excluding hydrogens is 304 g/mol. The minimum atomic E-state index is -0.858. The van der Waals surface area contributed by atoms with Crippen LogP contribution in [0.3, 0.4) is 0 Å². The number of benzene rings is 1. The van der Waals surface area contributed by atoms with Crippen molar-refractivity contribution >= 4 is 17.9 Å². The Morgan fingerprint density at radius 2 is 1.96 bits per heavy atom. The van der Waals surface area contributed by atoms with Crippen molar-refractivity contribution in [1.29, 1.82) is 0 Å². The Labute approximate surface area is 140 Å². The molecule has 3 atom stereocenters. The highest BCUT2D eigenvalue weighted by Gasteiger charge is 2.36. The molecule has 2 amide bonds. The lowest BCUT2D eigenvalue weighted by molar-refractivity contribution is -0.125. The van der Waals surface area contributed by atoms with Crippen LogP contribution in [0.15, 0.2) is 53.0 Å². The van der Waals surface area contributed by atoms with E-state index in [0.717, 1.165) is 12.2 Å². The van der Waals surface area contributed by atoms with Gasteiger partial charge in [0.2, 0.25) is 11.8 Å². The lowest BCUT2D eigenvalue weighted by atomic mass is 10.1. The molecule has 1 fully saturated rings. The smallest absolute Gasteiger partial charge is 0.245 e. The molecule has 1 aliphatic carbocycles. The first-order valence-corrected chi connectivity index (χ1v) is 7.97. The molecule has 0 bridgehead atoms. The van der Waals surface area contributed by atoms with E-state index in [1.165, 1.54) is 6.08 Å². The van der Waals surface area contributed by atoms with Gasteiger partial charge >= 0.3 is 0 Å². The zero-order chi connectivity index (χ0) is 17.1. The first-order valence-electron chi connectivity index (χ1n) is 7.97. The number of carbonyl (C=O) groups is 2. The summed E-state index contributed by atoms with van der Waals surface area (Å²) in [4.78, 5) is 23.7. The normalized spacial score (nSPS) is 20.7. The summed E-state index contributed by atoms with van der Waals surface area (Å²) in [5, 5.41) is 2.61. The van der Waals surface area contributed by atoms with Crippen molar-refractivity contribution in [2.24, 2.45) is 11.7 Å². The number of carbonyl (C=O) groups excluding carboxylic acids is 2. The lowest BCUT2D eigenvalue weighted by Gasteiger charge is -2.14. The van der Waals surface area contributed by atoms with Gasteiger partial charge in [-0.25, -0.2) is 0 Å². The maximum Gasteiger partial charge on any atom is 0.245 e. The molecule has 3 unspecified atom stereocenters. The molecule has 24 heavy (non-hydrogen) atoms. The molecule has 3 N–H and O–H groups in total. The Bertz CT molecular complexity index is 764. The fourth-order valence-electron chi connectivity index (χ4n) is 2.69. The van der Waals surface area contributed by atoms with Gasteiger partial charge in [-0.1, -0.05) is 37.3 Å². The van der Waals surface area contributed by atoms with Crippen molar-refractivity contribution < 1.29 is 14.0 Å². The number of hydrogen-bond donors (Lipinski definition) is 2. The fraction of sp³-hybridized carbons (Fsp3) is 0.263.